The summed E-state index contributed by atoms with van der Waals surface area (Å²) in [6.07, 6.45) is 1.65. The molecule has 17 heavy (non-hydrogen) atoms. The van der Waals surface area contributed by atoms with Crippen molar-refractivity contribution in [1.82, 2.24) is 4.90 Å². The molecule has 0 spiro atoms. The quantitative estimate of drug-likeness (QED) is 0.640. The molecule has 0 atom stereocenters. The van der Waals surface area contributed by atoms with Crippen LogP contribution in [0.15, 0.2) is 36.9 Å². The molecular formula is C13H16N2O2. The van der Waals surface area contributed by atoms with Crippen molar-refractivity contribution in [3.63, 3.8) is 0 Å². The highest BCUT2D eigenvalue weighted by Crippen LogP contribution is 2.10. The first-order valence-electron chi connectivity index (χ1n) is 5.28. The Morgan fingerprint density at radius 3 is 2.41 bits per heavy atom. The first-order valence-corrected chi connectivity index (χ1v) is 5.28. The van der Waals surface area contributed by atoms with Crippen LogP contribution in [0.2, 0.25) is 0 Å². The lowest BCUT2D eigenvalue weighted by Gasteiger charge is -2.15. The Morgan fingerprint density at radius 2 is 1.94 bits per heavy atom. The van der Waals surface area contributed by atoms with E-state index in [1.54, 1.807) is 37.4 Å². The van der Waals surface area contributed by atoms with Gasteiger partial charge in [0.05, 0.1) is 0 Å². The van der Waals surface area contributed by atoms with E-state index in [0.29, 0.717) is 17.8 Å². The average molecular weight is 232 g/mol. The van der Waals surface area contributed by atoms with E-state index in [0.717, 1.165) is 0 Å². The highest BCUT2D eigenvalue weighted by atomic mass is 16.2. The standard InChI is InChI=1S/C13H16N2O2/c1-4-9-15(3)13(17)14-12-7-5-11(6-8-12)10(2)16/h4-8H,1,9H2,2-3H3,(H,14,17). The Hall–Kier alpha value is -2.10. The number of amides is 2. The predicted octanol–water partition coefficient (Wildman–Crippen LogP) is 2.54. The third-order valence-electron chi connectivity index (χ3n) is 2.29. The maximum atomic E-state index is 11.6. The number of ketones is 1. The van der Waals surface area contributed by atoms with Crippen LogP contribution in [0.1, 0.15) is 17.3 Å². The average Bonchev–Trinajstić information content (AvgIpc) is 2.30. The van der Waals surface area contributed by atoms with Crippen molar-refractivity contribution in [2.45, 2.75) is 6.92 Å². The van der Waals surface area contributed by atoms with Crippen LogP contribution in [0.3, 0.4) is 0 Å². The molecule has 0 saturated heterocycles. The van der Waals surface area contributed by atoms with Gasteiger partial charge in [-0.1, -0.05) is 6.08 Å². The minimum Gasteiger partial charge on any atom is -0.324 e. The highest BCUT2D eigenvalue weighted by Gasteiger charge is 2.07. The van der Waals surface area contributed by atoms with Gasteiger partial charge in [0, 0.05) is 24.8 Å². The molecule has 1 aromatic rings. The van der Waals surface area contributed by atoms with Gasteiger partial charge in [-0.05, 0) is 31.2 Å². The Labute approximate surface area is 101 Å². The lowest BCUT2D eigenvalue weighted by atomic mass is 10.1. The molecule has 0 aromatic heterocycles. The Bertz CT molecular complexity index is 424. The van der Waals surface area contributed by atoms with Gasteiger partial charge in [0.15, 0.2) is 5.78 Å². The number of rotatable bonds is 4. The zero-order valence-corrected chi connectivity index (χ0v) is 10.1. The molecule has 1 rings (SSSR count). The Morgan fingerprint density at radius 1 is 1.35 bits per heavy atom. The molecule has 0 radical (unpaired) electrons. The monoisotopic (exact) mass is 232 g/mol. The van der Waals surface area contributed by atoms with Crippen molar-refractivity contribution in [1.29, 1.82) is 0 Å². The van der Waals surface area contributed by atoms with E-state index in [1.807, 2.05) is 0 Å². The summed E-state index contributed by atoms with van der Waals surface area (Å²) in [6, 6.07) is 6.57. The summed E-state index contributed by atoms with van der Waals surface area (Å²) in [5.41, 5.74) is 1.29. The molecular weight excluding hydrogens is 216 g/mol. The molecule has 0 fully saturated rings. The van der Waals surface area contributed by atoms with Crippen molar-refractivity contribution in [2.75, 3.05) is 18.9 Å². The second kappa shape index (κ2) is 5.84. The number of hydrogen-bond donors (Lipinski definition) is 1. The summed E-state index contributed by atoms with van der Waals surface area (Å²) in [5, 5.41) is 2.72. The molecule has 0 aliphatic rings. The third-order valence-corrected chi connectivity index (χ3v) is 2.29. The fourth-order valence-electron chi connectivity index (χ4n) is 1.28. The van der Waals surface area contributed by atoms with Crippen LogP contribution in [0.5, 0.6) is 0 Å². The van der Waals surface area contributed by atoms with E-state index in [2.05, 4.69) is 11.9 Å². The molecule has 0 saturated carbocycles. The number of nitrogens with zero attached hydrogens (tertiary/aromatic N) is 1. The lowest BCUT2D eigenvalue weighted by Crippen LogP contribution is -2.31. The number of carbonyl (C=O) groups is 2. The number of urea groups is 1. The Kier molecular flexibility index (Phi) is 4.46. The summed E-state index contributed by atoms with van der Waals surface area (Å²) in [6.45, 7) is 5.55. The Balaban J connectivity index is 2.66. The van der Waals surface area contributed by atoms with Gasteiger partial charge in [-0.15, -0.1) is 6.58 Å². The number of benzene rings is 1. The summed E-state index contributed by atoms with van der Waals surface area (Å²) >= 11 is 0. The summed E-state index contributed by atoms with van der Waals surface area (Å²) in [4.78, 5) is 24.2. The second-order valence-electron chi connectivity index (χ2n) is 3.73. The molecule has 2 amide bonds. The largest absolute Gasteiger partial charge is 0.324 e. The lowest BCUT2D eigenvalue weighted by molar-refractivity contribution is 0.101. The topological polar surface area (TPSA) is 49.4 Å². The van der Waals surface area contributed by atoms with Gasteiger partial charge < -0.3 is 10.2 Å². The van der Waals surface area contributed by atoms with Gasteiger partial charge >= 0.3 is 6.03 Å². The summed E-state index contributed by atoms with van der Waals surface area (Å²) in [5.74, 6) is 0.00616. The number of carbonyl (C=O) groups excluding carboxylic acids is 2. The van der Waals surface area contributed by atoms with Crippen molar-refractivity contribution in [3.8, 4) is 0 Å². The highest BCUT2D eigenvalue weighted by molar-refractivity contribution is 5.95. The van der Waals surface area contributed by atoms with Crippen LogP contribution in [0, 0.1) is 0 Å². The summed E-state index contributed by atoms with van der Waals surface area (Å²) in [7, 11) is 1.68. The molecule has 0 heterocycles. The molecule has 0 bridgehead atoms. The molecule has 0 aliphatic heterocycles. The molecule has 1 N–H and O–H groups in total. The smallest absolute Gasteiger partial charge is 0.321 e. The molecule has 0 unspecified atom stereocenters. The zero-order valence-electron chi connectivity index (χ0n) is 10.1. The molecule has 90 valence electrons. The normalized spacial score (nSPS) is 9.53. The van der Waals surface area contributed by atoms with E-state index in [1.165, 1.54) is 11.8 Å². The van der Waals surface area contributed by atoms with E-state index >= 15 is 0 Å². The van der Waals surface area contributed by atoms with Crippen molar-refractivity contribution < 1.29 is 9.59 Å². The van der Waals surface area contributed by atoms with Crippen LogP contribution in [-0.2, 0) is 0 Å². The van der Waals surface area contributed by atoms with E-state index < -0.39 is 0 Å². The number of Topliss-reactive ketones (excluding diaryl/α,β-unsaturated/α-hetero) is 1. The predicted molar refractivity (Wildman–Crippen MR) is 68.3 cm³/mol. The van der Waals surface area contributed by atoms with Gasteiger partial charge in [0.2, 0.25) is 0 Å². The van der Waals surface area contributed by atoms with Crippen LogP contribution >= 0.6 is 0 Å². The van der Waals surface area contributed by atoms with Crippen LogP contribution in [0.4, 0.5) is 10.5 Å². The third kappa shape index (κ3) is 3.75. The van der Waals surface area contributed by atoms with E-state index in [4.69, 9.17) is 0 Å². The minimum absolute atomic E-state index is 0.00616. The molecule has 4 nitrogen and oxygen atoms in total. The maximum Gasteiger partial charge on any atom is 0.321 e. The fraction of sp³-hybridized carbons (Fsp3) is 0.231. The SMILES string of the molecule is C=CCN(C)C(=O)Nc1ccc(C(C)=O)cc1. The first-order chi connectivity index (χ1) is 8.04. The second-order valence-corrected chi connectivity index (χ2v) is 3.73. The number of hydrogen-bond acceptors (Lipinski definition) is 2. The van der Waals surface area contributed by atoms with Crippen molar-refractivity contribution in [2.24, 2.45) is 0 Å². The van der Waals surface area contributed by atoms with Gasteiger partial charge in [-0.3, -0.25) is 4.79 Å². The summed E-state index contributed by atoms with van der Waals surface area (Å²) < 4.78 is 0. The molecule has 4 heteroatoms. The molecule has 0 aliphatic carbocycles. The van der Waals surface area contributed by atoms with Gasteiger partial charge in [-0.25, -0.2) is 4.79 Å². The van der Waals surface area contributed by atoms with Crippen LogP contribution in [-0.4, -0.2) is 30.3 Å². The van der Waals surface area contributed by atoms with Crippen LogP contribution in [0.25, 0.3) is 0 Å². The number of likely N-dealkylation sites (N-methyl/N-ethyl adjacent to an activating group) is 1. The van der Waals surface area contributed by atoms with Gasteiger partial charge in [-0.2, -0.15) is 0 Å². The maximum absolute atomic E-state index is 11.6. The number of nitrogens with one attached hydrogen (secondary N) is 1. The van der Waals surface area contributed by atoms with Gasteiger partial charge in [0.25, 0.3) is 0 Å². The van der Waals surface area contributed by atoms with Crippen LogP contribution < -0.4 is 5.32 Å². The fourth-order valence-corrected chi connectivity index (χ4v) is 1.28. The van der Waals surface area contributed by atoms with Gasteiger partial charge in [0.1, 0.15) is 0 Å². The number of anilines is 1. The van der Waals surface area contributed by atoms with Crippen molar-refractivity contribution in [3.05, 3.63) is 42.5 Å². The molecule has 1 aromatic carbocycles. The van der Waals surface area contributed by atoms with E-state index in [9.17, 15) is 9.59 Å². The van der Waals surface area contributed by atoms with Crippen molar-refractivity contribution >= 4 is 17.5 Å². The first kappa shape index (κ1) is 13.0. The zero-order chi connectivity index (χ0) is 12.8. The minimum atomic E-state index is -0.208. The van der Waals surface area contributed by atoms with E-state index in [-0.39, 0.29) is 11.8 Å².